The molecule has 0 saturated carbocycles. The minimum atomic E-state index is -1.11. The summed E-state index contributed by atoms with van der Waals surface area (Å²) in [6.07, 6.45) is 1.72. The number of para-hydroxylation sites is 2. The highest BCUT2D eigenvalue weighted by Crippen LogP contribution is 2.27. The van der Waals surface area contributed by atoms with Crippen molar-refractivity contribution in [3.05, 3.63) is 59.7 Å². The van der Waals surface area contributed by atoms with Gasteiger partial charge in [0.1, 0.15) is 0 Å². The Labute approximate surface area is 171 Å². The summed E-state index contributed by atoms with van der Waals surface area (Å²) in [5, 5.41) is 9.62. The molecule has 1 saturated heterocycles. The predicted molar refractivity (Wildman–Crippen MR) is 105 cm³/mol. The number of H-pyrrole nitrogens is 1. The SMILES string of the molecule is COC(=O)c1cncc(C2CN(C(=O)c3nc4ccccc4[nH]3)CCN2C(=O)O)c1. The summed E-state index contributed by atoms with van der Waals surface area (Å²) in [4.78, 5) is 50.8. The zero-order valence-electron chi connectivity index (χ0n) is 16.1. The first-order chi connectivity index (χ1) is 14.5. The Balaban J connectivity index is 1.63. The van der Waals surface area contributed by atoms with Crippen LogP contribution in [0.15, 0.2) is 42.7 Å². The molecule has 154 valence electrons. The summed E-state index contributed by atoms with van der Waals surface area (Å²) < 4.78 is 4.71. The molecule has 4 rings (SSSR count). The molecule has 3 aromatic rings. The Morgan fingerprint density at radius 2 is 2.00 bits per heavy atom. The minimum Gasteiger partial charge on any atom is -0.465 e. The van der Waals surface area contributed by atoms with E-state index in [0.29, 0.717) is 11.1 Å². The number of rotatable bonds is 3. The molecule has 0 spiro atoms. The fourth-order valence-electron chi connectivity index (χ4n) is 3.55. The highest BCUT2D eigenvalue weighted by Gasteiger charge is 2.35. The number of nitrogens with zero attached hydrogens (tertiary/aromatic N) is 4. The second-order valence-corrected chi connectivity index (χ2v) is 6.84. The molecule has 2 N–H and O–H groups in total. The molecule has 2 amide bonds. The average molecular weight is 409 g/mol. The molecule has 30 heavy (non-hydrogen) atoms. The van der Waals surface area contributed by atoms with Crippen molar-refractivity contribution in [3.63, 3.8) is 0 Å². The Hall–Kier alpha value is -3.95. The van der Waals surface area contributed by atoms with Crippen LogP contribution in [0.2, 0.25) is 0 Å². The van der Waals surface area contributed by atoms with Crippen LogP contribution in [0.25, 0.3) is 11.0 Å². The summed E-state index contributed by atoms with van der Waals surface area (Å²) >= 11 is 0. The van der Waals surface area contributed by atoms with Crippen LogP contribution < -0.4 is 0 Å². The van der Waals surface area contributed by atoms with E-state index in [1.165, 1.54) is 30.5 Å². The number of esters is 1. The molecule has 3 heterocycles. The van der Waals surface area contributed by atoms with Crippen molar-refractivity contribution in [1.82, 2.24) is 24.8 Å². The van der Waals surface area contributed by atoms with Gasteiger partial charge in [-0.25, -0.2) is 14.6 Å². The van der Waals surface area contributed by atoms with Crippen LogP contribution in [-0.4, -0.2) is 74.6 Å². The first kappa shape index (κ1) is 19.4. The maximum absolute atomic E-state index is 13.0. The number of methoxy groups -OCH3 is 1. The molecule has 2 aromatic heterocycles. The van der Waals surface area contributed by atoms with Crippen LogP contribution in [0.1, 0.15) is 32.6 Å². The number of imidazole rings is 1. The highest BCUT2D eigenvalue weighted by molar-refractivity contribution is 5.94. The van der Waals surface area contributed by atoms with Crippen LogP contribution in [0, 0.1) is 0 Å². The van der Waals surface area contributed by atoms with Crippen molar-refractivity contribution in [1.29, 1.82) is 0 Å². The molecule has 1 atom stereocenters. The second-order valence-electron chi connectivity index (χ2n) is 6.84. The van der Waals surface area contributed by atoms with E-state index in [4.69, 9.17) is 4.74 Å². The maximum Gasteiger partial charge on any atom is 0.407 e. The van der Waals surface area contributed by atoms with Gasteiger partial charge in [-0.2, -0.15) is 0 Å². The average Bonchev–Trinajstić information content (AvgIpc) is 3.22. The zero-order valence-corrected chi connectivity index (χ0v) is 16.1. The molecule has 1 aliphatic heterocycles. The number of carboxylic acid groups (broad SMARTS) is 1. The number of fused-ring (bicyclic) bond motifs is 1. The van der Waals surface area contributed by atoms with Crippen LogP contribution >= 0.6 is 0 Å². The number of hydrogen-bond donors (Lipinski definition) is 2. The van der Waals surface area contributed by atoms with E-state index in [9.17, 15) is 19.5 Å². The first-order valence-corrected chi connectivity index (χ1v) is 9.25. The lowest BCUT2D eigenvalue weighted by Crippen LogP contribution is -2.52. The Kier molecular flexibility index (Phi) is 5.05. The number of nitrogens with one attached hydrogen (secondary N) is 1. The molecule has 10 heteroatoms. The fourth-order valence-corrected chi connectivity index (χ4v) is 3.55. The molecule has 1 fully saturated rings. The van der Waals surface area contributed by atoms with Gasteiger partial charge in [-0.3, -0.25) is 14.7 Å². The molecule has 1 aliphatic rings. The molecular weight excluding hydrogens is 390 g/mol. The van der Waals surface area contributed by atoms with E-state index < -0.39 is 18.1 Å². The first-order valence-electron chi connectivity index (χ1n) is 9.25. The number of carbonyl (C=O) groups is 3. The number of ether oxygens (including phenoxy) is 1. The number of pyridine rings is 1. The lowest BCUT2D eigenvalue weighted by atomic mass is 10.0. The molecule has 0 aliphatic carbocycles. The fraction of sp³-hybridized carbons (Fsp3) is 0.250. The van der Waals surface area contributed by atoms with E-state index in [2.05, 4.69) is 15.0 Å². The topological polar surface area (TPSA) is 129 Å². The quantitative estimate of drug-likeness (QED) is 0.632. The van der Waals surface area contributed by atoms with E-state index >= 15 is 0 Å². The van der Waals surface area contributed by atoms with Gasteiger partial charge in [0, 0.05) is 32.0 Å². The van der Waals surface area contributed by atoms with E-state index in [1.807, 2.05) is 18.2 Å². The number of hydrogen-bond acceptors (Lipinski definition) is 6. The monoisotopic (exact) mass is 409 g/mol. The second kappa shape index (κ2) is 7.82. The van der Waals surface area contributed by atoms with E-state index in [0.717, 1.165) is 5.52 Å². The summed E-state index contributed by atoms with van der Waals surface area (Å²) in [6, 6.07) is 8.17. The maximum atomic E-state index is 13.0. The Morgan fingerprint density at radius 1 is 1.20 bits per heavy atom. The Bertz CT molecular complexity index is 1090. The normalized spacial score (nSPS) is 16.5. The van der Waals surface area contributed by atoms with Crippen molar-refractivity contribution in [2.24, 2.45) is 0 Å². The van der Waals surface area contributed by atoms with Crippen molar-refractivity contribution in [2.75, 3.05) is 26.7 Å². The van der Waals surface area contributed by atoms with Gasteiger partial charge >= 0.3 is 12.1 Å². The molecule has 1 aromatic carbocycles. The van der Waals surface area contributed by atoms with Crippen molar-refractivity contribution in [3.8, 4) is 0 Å². The largest absolute Gasteiger partial charge is 0.465 e. The van der Waals surface area contributed by atoms with Gasteiger partial charge in [-0.15, -0.1) is 0 Å². The molecule has 10 nitrogen and oxygen atoms in total. The standard InChI is InChI=1S/C20H19N5O5/c1-30-19(27)13-8-12(9-21-10-13)16-11-24(6-7-25(16)20(28)29)18(26)17-22-14-4-2-3-5-15(14)23-17/h2-5,8-10,16H,6-7,11H2,1H3,(H,22,23)(H,28,29). The summed E-state index contributed by atoms with van der Waals surface area (Å²) in [5.41, 5.74) is 2.14. The van der Waals surface area contributed by atoms with Gasteiger partial charge in [0.25, 0.3) is 5.91 Å². The summed E-state index contributed by atoms with van der Waals surface area (Å²) in [6.45, 7) is 0.450. The van der Waals surface area contributed by atoms with Crippen molar-refractivity contribution in [2.45, 2.75) is 6.04 Å². The van der Waals surface area contributed by atoms with Gasteiger partial charge < -0.3 is 19.7 Å². The molecule has 0 bridgehead atoms. The third-order valence-electron chi connectivity index (χ3n) is 5.07. The van der Waals surface area contributed by atoms with E-state index in [-0.39, 0.29) is 36.9 Å². The number of benzene rings is 1. The van der Waals surface area contributed by atoms with Crippen molar-refractivity contribution < 1.29 is 24.2 Å². The minimum absolute atomic E-state index is 0.106. The molecular formula is C20H19N5O5. The van der Waals surface area contributed by atoms with Crippen LogP contribution in [-0.2, 0) is 4.74 Å². The number of amides is 2. The summed E-state index contributed by atoms with van der Waals surface area (Å²) in [5.74, 6) is -0.698. The van der Waals surface area contributed by atoms with Gasteiger partial charge in [0.05, 0.1) is 29.7 Å². The van der Waals surface area contributed by atoms with Crippen LogP contribution in [0.4, 0.5) is 4.79 Å². The number of carbonyl (C=O) groups excluding carboxylic acids is 2. The number of aromatic nitrogens is 3. The van der Waals surface area contributed by atoms with Gasteiger partial charge in [-0.05, 0) is 23.8 Å². The third-order valence-corrected chi connectivity index (χ3v) is 5.07. The van der Waals surface area contributed by atoms with Crippen LogP contribution in [0.3, 0.4) is 0 Å². The lowest BCUT2D eigenvalue weighted by molar-refractivity contribution is 0.0464. The third kappa shape index (κ3) is 3.54. The molecule has 0 radical (unpaired) electrons. The number of aromatic amines is 1. The number of piperazine rings is 1. The highest BCUT2D eigenvalue weighted by atomic mass is 16.5. The van der Waals surface area contributed by atoms with Gasteiger partial charge in [-0.1, -0.05) is 12.1 Å². The van der Waals surface area contributed by atoms with Crippen molar-refractivity contribution >= 4 is 29.0 Å². The van der Waals surface area contributed by atoms with Crippen LogP contribution in [0.5, 0.6) is 0 Å². The predicted octanol–water partition coefficient (Wildman–Crippen LogP) is 1.92. The smallest absolute Gasteiger partial charge is 0.407 e. The molecule has 1 unspecified atom stereocenters. The lowest BCUT2D eigenvalue weighted by Gasteiger charge is -2.39. The van der Waals surface area contributed by atoms with E-state index in [1.54, 1.807) is 11.0 Å². The van der Waals surface area contributed by atoms with Gasteiger partial charge in [0.15, 0.2) is 5.82 Å². The zero-order chi connectivity index (χ0) is 21.3. The Morgan fingerprint density at radius 3 is 2.73 bits per heavy atom. The summed E-state index contributed by atoms with van der Waals surface area (Å²) in [7, 11) is 1.26. The van der Waals surface area contributed by atoms with Gasteiger partial charge in [0.2, 0.25) is 0 Å².